The Labute approximate surface area is 102 Å². The highest BCUT2D eigenvalue weighted by Gasteiger charge is 2.19. The van der Waals surface area contributed by atoms with Crippen molar-refractivity contribution in [3.05, 3.63) is 24.3 Å². The number of nitrogens with zero attached hydrogens (tertiary/aromatic N) is 1. The first-order chi connectivity index (χ1) is 8.29. The minimum Gasteiger partial charge on any atom is -0.399 e. The van der Waals surface area contributed by atoms with Crippen molar-refractivity contribution < 1.29 is 9.84 Å². The Morgan fingerprint density at radius 2 is 1.88 bits per heavy atom. The van der Waals surface area contributed by atoms with Crippen LogP contribution in [0.5, 0.6) is 0 Å². The first-order valence-corrected chi connectivity index (χ1v) is 6.12. The molecule has 17 heavy (non-hydrogen) atoms. The number of piperidine rings is 1. The summed E-state index contributed by atoms with van der Waals surface area (Å²) in [6.07, 6.45) is 2.33. The van der Waals surface area contributed by atoms with Crippen LogP contribution in [-0.2, 0) is 4.74 Å². The topological polar surface area (TPSA) is 58.7 Å². The lowest BCUT2D eigenvalue weighted by molar-refractivity contribution is 0.0159. The molecule has 1 heterocycles. The molecule has 0 saturated carbocycles. The highest BCUT2D eigenvalue weighted by Crippen LogP contribution is 2.22. The first-order valence-electron chi connectivity index (χ1n) is 6.12. The molecule has 0 bridgehead atoms. The molecule has 0 radical (unpaired) electrons. The minimum absolute atomic E-state index is 0.109. The van der Waals surface area contributed by atoms with Gasteiger partial charge in [0.2, 0.25) is 0 Å². The molecular formula is C13H20N2O2. The number of anilines is 2. The monoisotopic (exact) mass is 236 g/mol. The highest BCUT2D eigenvalue weighted by molar-refractivity contribution is 5.53. The van der Waals surface area contributed by atoms with Crippen LogP contribution in [-0.4, -0.2) is 37.5 Å². The van der Waals surface area contributed by atoms with Gasteiger partial charge >= 0.3 is 0 Å². The quantitative estimate of drug-likeness (QED) is 0.772. The maximum absolute atomic E-state index is 8.71. The summed E-state index contributed by atoms with van der Waals surface area (Å²) in [5.41, 5.74) is 7.69. The second kappa shape index (κ2) is 5.89. The van der Waals surface area contributed by atoms with E-state index < -0.39 is 0 Å². The van der Waals surface area contributed by atoms with Crippen molar-refractivity contribution in [1.82, 2.24) is 0 Å². The number of nitrogens with two attached hydrogens (primary N) is 1. The summed E-state index contributed by atoms with van der Waals surface area (Å²) in [7, 11) is 0. The number of aliphatic hydroxyl groups is 1. The molecule has 2 rings (SSSR count). The van der Waals surface area contributed by atoms with Gasteiger partial charge in [-0.1, -0.05) is 0 Å². The molecule has 1 fully saturated rings. The second-order valence-electron chi connectivity index (χ2n) is 4.37. The number of rotatable bonds is 4. The molecule has 1 aromatic rings. The summed E-state index contributed by atoms with van der Waals surface area (Å²) < 4.78 is 5.54. The van der Waals surface area contributed by atoms with Gasteiger partial charge in [-0.3, -0.25) is 0 Å². The number of hydrogen-bond donors (Lipinski definition) is 2. The summed E-state index contributed by atoms with van der Waals surface area (Å²) in [6, 6.07) is 7.99. The number of benzene rings is 1. The molecule has 3 N–H and O–H groups in total. The van der Waals surface area contributed by atoms with Crippen LogP contribution < -0.4 is 10.6 Å². The van der Waals surface area contributed by atoms with E-state index in [9.17, 15) is 0 Å². The van der Waals surface area contributed by atoms with E-state index in [1.165, 1.54) is 5.69 Å². The fourth-order valence-corrected chi connectivity index (χ4v) is 2.19. The van der Waals surface area contributed by atoms with Crippen molar-refractivity contribution in [3.63, 3.8) is 0 Å². The Kier molecular flexibility index (Phi) is 4.23. The van der Waals surface area contributed by atoms with Crippen LogP contribution in [0.3, 0.4) is 0 Å². The largest absolute Gasteiger partial charge is 0.399 e. The van der Waals surface area contributed by atoms with Gasteiger partial charge in [-0.2, -0.15) is 0 Å². The Morgan fingerprint density at radius 3 is 2.47 bits per heavy atom. The van der Waals surface area contributed by atoms with Crippen LogP contribution in [0, 0.1) is 0 Å². The molecule has 94 valence electrons. The zero-order valence-electron chi connectivity index (χ0n) is 10.0. The van der Waals surface area contributed by atoms with Crippen LogP contribution in [0.25, 0.3) is 0 Å². The van der Waals surface area contributed by atoms with Crippen molar-refractivity contribution in [3.8, 4) is 0 Å². The molecule has 4 nitrogen and oxygen atoms in total. The Bertz CT molecular complexity index is 332. The van der Waals surface area contributed by atoms with Gasteiger partial charge in [0.1, 0.15) is 0 Å². The van der Waals surface area contributed by atoms with E-state index in [1.54, 1.807) is 0 Å². The molecule has 0 atom stereocenters. The average Bonchev–Trinajstić information content (AvgIpc) is 2.38. The number of ether oxygens (including phenoxy) is 1. The van der Waals surface area contributed by atoms with Gasteiger partial charge in [-0.05, 0) is 37.1 Å². The van der Waals surface area contributed by atoms with E-state index >= 15 is 0 Å². The van der Waals surface area contributed by atoms with Gasteiger partial charge in [-0.15, -0.1) is 0 Å². The molecule has 0 spiro atoms. The fourth-order valence-electron chi connectivity index (χ4n) is 2.19. The molecular weight excluding hydrogens is 216 g/mol. The third-order valence-electron chi connectivity index (χ3n) is 3.15. The van der Waals surface area contributed by atoms with Crippen molar-refractivity contribution in [2.75, 3.05) is 36.9 Å². The van der Waals surface area contributed by atoms with Crippen LogP contribution in [0.4, 0.5) is 11.4 Å². The van der Waals surface area contributed by atoms with Crippen LogP contribution in [0.15, 0.2) is 24.3 Å². The van der Waals surface area contributed by atoms with Crippen LogP contribution in [0.2, 0.25) is 0 Å². The highest BCUT2D eigenvalue weighted by atomic mass is 16.5. The zero-order valence-corrected chi connectivity index (χ0v) is 10.0. The zero-order chi connectivity index (χ0) is 12.1. The second-order valence-corrected chi connectivity index (χ2v) is 4.37. The van der Waals surface area contributed by atoms with Crippen LogP contribution >= 0.6 is 0 Å². The summed E-state index contributed by atoms with van der Waals surface area (Å²) in [5, 5.41) is 8.71. The first kappa shape index (κ1) is 12.2. The summed E-state index contributed by atoms with van der Waals surface area (Å²) in [6.45, 7) is 2.56. The van der Waals surface area contributed by atoms with Crippen molar-refractivity contribution in [1.29, 1.82) is 0 Å². The smallest absolute Gasteiger partial charge is 0.0701 e. The summed E-state index contributed by atoms with van der Waals surface area (Å²) in [5.74, 6) is 0. The van der Waals surface area contributed by atoms with E-state index in [0.29, 0.717) is 12.7 Å². The van der Waals surface area contributed by atoms with Gasteiger partial charge in [0.25, 0.3) is 0 Å². The standard InChI is InChI=1S/C13H20N2O2/c14-11-1-3-12(4-2-11)15-7-5-13(6-8-15)17-10-9-16/h1-4,13,16H,5-10,14H2. The fraction of sp³-hybridized carbons (Fsp3) is 0.538. The van der Waals surface area contributed by atoms with Crippen molar-refractivity contribution in [2.45, 2.75) is 18.9 Å². The maximum Gasteiger partial charge on any atom is 0.0701 e. The maximum atomic E-state index is 8.71. The lowest BCUT2D eigenvalue weighted by Crippen LogP contribution is -2.37. The number of aliphatic hydroxyl groups excluding tert-OH is 1. The molecule has 0 aliphatic carbocycles. The molecule has 1 aliphatic heterocycles. The molecule has 1 aliphatic rings. The summed E-state index contributed by atoms with van der Waals surface area (Å²) in [4.78, 5) is 2.35. The van der Waals surface area contributed by atoms with Gasteiger partial charge in [0.05, 0.1) is 19.3 Å². The van der Waals surface area contributed by atoms with E-state index in [2.05, 4.69) is 17.0 Å². The number of hydrogen-bond acceptors (Lipinski definition) is 4. The average molecular weight is 236 g/mol. The SMILES string of the molecule is Nc1ccc(N2CCC(OCCO)CC2)cc1. The van der Waals surface area contributed by atoms with Gasteiger partial charge < -0.3 is 20.5 Å². The molecule has 0 unspecified atom stereocenters. The van der Waals surface area contributed by atoms with Crippen LogP contribution in [0.1, 0.15) is 12.8 Å². The van der Waals surface area contributed by atoms with Crippen molar-refractivity contribution in [2.24, 2.45) is 0 Å². The molecule has 1 saturated heterocycles. The van der Waals surface area contributed by atoms with Gasteiger partial charge in [-0.25, -0.2) is 0 Å². The molecule has 1 aromatic carbocycles. The predicted molar refractivity (Wildman–Crippen MR) is 69.1 cm³/mol. The van der Waals surface area contributed by atoms with Gasteiger partial charge in [0, 0.05) is 24.5 Å². The third kappa shape index (κ3) is 3.35. The van der Waals surface area contributed by atoms with Gasteiger partial charge in [0.15, 0.2) is 0 Å². The summed E-state index contributed by atoms with van der Waals surface area (Å²) >= 11 is 0. The Balaban J connectivity index is 1.84. The lowest BCUT2D eigenvalue weighted by atomic mass is 10.1. The van der Waals surface area contributed by atoms with E-state index in [4.69, 9.17) is 15.6 Å². The Hall–Kier alpha value is -1.26. The van der Waals surface area contributed by atoms with E-state index in [-0.39, 0.29) is 6.61 Å². The number of nitrogen functional groups attached to an aromatic ring is 1. The van der Waals surface area contributed by atoms with E-state index in [1.807, 2.05) is 12.1 Å². The molecule has 4 heteroatoms. The third-order valence-corrected chi connectivity index (χ3v) is 3.15. The van der Waals surface area contributed by atoms with Crippen molar-refractivity contribution >= 4 is 11.4 Å². The predicted octanol–water partition coefficient (Wildman–Crippen LogP) is 1.25. The van der Waals surface area contributed by atoms with E-state index in [0.717, 1.165) is 31.6 Å². The normalized spacial score (nSPS) is 17.4. The molecule has 0 aromatic heterocycles. The molecule has 0 amide bonds. The Morgan fingerprint density at radius 1 is 1.24 bits per heavy atom. The minimum atomic E-state index is 0.109. The lowest BCUT2D eigenvalue weighted by Gasteiger charge is -2.33.